The Bertz CT molecular complexity index is 1400. The molecule has 5 rings (SSSR count). The molecular weight excluding hydrogens is 426 g/mol. The van der Waals surface area contributed by atoms with Crippen LogP contribution in [0, 0.1) is 13.8 Å². The highest BCUT2D eigenvalue weighted by Crippen LogP contribution is 2.27. The van der Waals surface area contributed by atoms with Gasteiger partial charge in [-0.25, -0.2) is 9.97 Å². The molecule has 1 N–H and O–H groups in total. The van der Waals surface area contributed by atoms with Crippen molar-refractivity contribution in [2.45, 2.75) is 20.5 Å². The van der Waals surface area contributed by atoms with Crippen LogP contribution < -0.4 is 10.1 Å². The maximum absolute atomic E-state index is 12.9. The van der Waals surface area contributed by atoms with Crippen molar-refractivity contribution < 1.29 is 9.53 Å². The van der Waals surface area contributed by atoms with Gasteiger partial charge in [0.2, 0.25) is 5.78 Å². The van der Waals surface area contributed by atoms with Crippen molar-refractivity contribution in [1.82, 2.24) is 19.4 Å². The third-order valence-electron chi connectivity index (χ3n) is 5.50. The van der Waals surface area contributed by atoms with Gasteiger partial charge >= 0.3 is 0 Å². The molecule has 0 saturated carbocycles. The Balaban J connectivity index is 1.28. The largest absolute Gasteiger partial charge is 0.488 e. The Morgan fingerprint density at radius 1 is 1.03 bits per heavy atom. The van der Waals surface area contributed by atoms with E-state index in [9.17, 15) is 4.79 Å². The molecule has 0 bridgehead atoms. The lowest BCUT2D eigenvalue weighted by atomic mass is 10.0. The lowest BCUT2D eigenvalue weighted by Crippen LogP contribution is -2.13. The molecule has 1 amide bonds. The molecule has 5 aromatic rings. The van der Waals surface area contributed by atoms with E-state index >= 15 is 0 Å². The van der Waals surface area contributed by atoms with Crippen molar-refractivity contribution in [3.63, 3.8) is 0 Å². The molecule has 168 valence electrons. The smallest absolute Gasteiger partial charge is 0.255 e. The predicted octanol–water partition coefficient (Wildman–Crippen LogP) is 5.24. The van der Waals surface area contributed by atoms with Crippen LogP contribution in [0.25, 0.3) is 17.0 Å². The van der Waals surface area contributed by atoms with Crippen molar-refractivity contribution >= 4 is 17.4 Å². The minimum absolute atomic E-state index is 0.172. The zero-order chi connectivity index (χ0) is 23.5. The minimum atomic E-state index is -0.172. The second-order valence-corrected chi connectivity index (χ2v) is 8.07. The summed E-state index contributed by atoms with van der Waals surface area (Å²) in [5.74, 6) is 1.26. The van der Waals surface area contributed by atoms with Crippen LogP contribution in [-0.4, -0.2) is 25.3 Å². The van der Waals surface area contributed by atoms with Gasteiger partial charge in [0.05, 0.1) is 5.69 Å². The van der Waals surface area contributed by atoms with E-state index in [0.717, 1.165) is 33.7 Å². The number of aromatic nitrogens is 4. The Morgan fingerprint density at radius 3 is 2.53 bits per heavy atom. The zero-order valence-electron chi connectivity index (χ0n) is 18.9. The van der Waals surface area contributed by atoms with Crippen LogP contribution in [0.3, 0.4) is 0 Å². The molecule has 0 fully saturated rings. The zero-order valence-corrected chi connectivity index (χ0v) is 18.9. The number of hydrogen-bond acceptors (Lipinski definition) is 5. The number of fused-ring (bicyclic) bond motifs is 1. The first kappa shape index (κ1) is 21.3. The van der Waals surface area contributed by atoms with E-state index < -0.39 is 0 Å². The normalized spacial score (nSPS) is 10.9. The van der Waals surface area contributed by atoms with Gasteiger partial charge in [0.1, 0.15) is 12.4 Å². The van der Waals surface area contributed by atoms with Crippen molar-refractivity contribution in [3.05, 3.63) is 108 Å². The molecule has 2 aromatic carbocycles. The van der Waals surface area contributed by atoms with Crippen molar-refractivity contribution in [2.24, 2.45) is 0 Å². The van der Waals surface area contributed by atoms with Gasteiger partial charge in [-0.3, -0.25) is 14.2 Å². The average molecular weight is 450 g/mol. The SMILES string of the molecule is Cc1cc(C(=O)Nc2ccc(-c3cn4cccnc4n3)cc2)cc(C)c1OCc1cccnc1. The Morgan fingerprint density at radius 2 is 1.82 bits per heavy atom. The average Bonchev–Trinajstić information content (AvgIpc) is 3.29. The topological polar surface area (TPSA) is 81.4 Å². The summed E-state index contributed by atoms with van der Waals surface area (Å²) < 4.78 is 7.87. The van der Waals surface area contributed by atoms with E-state index in [-0.39, 0.29) is 5.91 Å². The van der Waals surface area contributed by atoms with Gasteiger partial charge in [0.15, 0.2) is 0 Å². The lowest BCUT2D eigenvalue weighted by Gasteiger charge is -2.14. The highest BCUT2D eigenvalue weighted by molar-refractivity contribution is 6.04. The van der Waals surface area contributed by atoms with Crippen LogP contribution in [0.15, 0.2) is 85.6 Å². The van der Waals surface area contributed by atoms with Crippen LogP contribution in [0.5, 0.6) is 5.75 Å². The summed E-state index contributed by atoms with van der Waals surface area (Å²) in [5.41, 5.74) is 5.87. The van der Waals surface area contributed by atoms with Gasteiger partial charge < -0.3 is 10.1 Å². The fourth-order valence-electron chi connectivity index (χ4n) is 3.84. The number of carbonyl (C=O) groups is 1. The van der Waals surface area contributed by atoms with Crippen LogP contribution in [0.2, 0.25) is 0 Å². The molecular formula is C27H23N5O2. The van der Waals surface area contributed by atoms with Gasteiger partial charge in [0.25, 0.3) is 5.91 Å². The van der Waals surface area contributed by atoms with Gasteiger partial charge in [0, 0.05) is 53.4 Å². The number of carbonyl (C=O) groups excluding carboxylic acids is 1. The first-order chi connectivity index (χ1) is 16.6. The Kier molecular flexibility index (Phi) is 5.74. The molecule has 3 aromatic heterocycles. The number of nitrogens with zero attached hydrogens (tertiary/aromatic N) is 4. The van der Waals surface area contributed by atoms with E-state index in [4.69, 9.17) is 4.74 Å². The van der Waals surface area contributed by atoms with E-state index in [2.05, 4.69) is 20.3 Å². The first-order valence-electron chi connectivity index (χ1n) is 10.9. The van der Waals surface area contributed by atoms with E-state index in [1.54, 1.807) is 18.6 Å². The molecule has 7 nitrogen and oxygen atoms in total. The third-order valence-corrected chi connectivity index (χ3v) is 5.50. The first-order valence-corrected chi connectivity index (χ1v) is 10.9. The van der Waals surface area contributed by atoms with Crippen molar-refractivity contribution in [2.75, 3.05) is 5.32 Å². The van der Waals surface area contributed by atoms with Crippen LogP contribution in [0.1, 0.15) is 27.0 Å². The van der Waals surface area contributed by atoms with Crippen molar-refractivity contribution in [3.8, 4) is 17.0 Å². The Hall–Kier alpha value is -4.52. The number of pyridine rings is 1. The van der Waals surface area contributed by atoms with Crippen LogP contribution in [-0.2, 0) is 6.61 Å². The van der Waals surface area contributed by atoms with E-state index in [0.29, 0.717) is 23.6 Å². The second kappa shape index (κ2) is 9.15. The summed E-state index contributed by atoms with van der Waals surface area (Å²) in [6.45, 7) is 4.32. The highest BCUT2D eigenvalue weighted by Gasteiger charge is 2.13. The standard InChI is InChI=1S/C27H23N5O2/c1-18-13-22(14-19(2)25(18)34-17-20-5-3-10-28-15-20)26(33)30-23-8-6-21(7-9-23)24-16-32-12-4-11-29-27(32)31-24/h3-16H,17H2,1-2H3,(H,30,33). The fourth-order valence-corrected chi connectivity index (χ4v) is 3.84. The number of nitrogens with one attached hydrogen (secondary N) is 1. The molecule has 0 radical (unpaired) electrons. The number of hydrogen-bond donors (Lipinski definition) is 1. The van der Waals surface area contributed by atoms with Gasteiger partial charge in [-0.15, -0.1) is 0 Å². The quantitative estimate of drug-likeness (QED) is 0.383. The summed E-state index contributed by atoms with van der Waals surface area (Å²) >= 11 is 0. The number of rotatable bonds is 6. The molecule has 3 heterocycles. The molecule has 0 atom stereocenters. The number of imidazole rings is 1. The van der Waals surface area contributed by atoms with Gasteiger partial charge in [-0.1, -0.05) is 18.2 Å². The monoisotopic (exact) mass is 449 g/mol. The molecule has 0 saturated heterocycles. The summed E-state index contributed by atoms with van der Waals surface area (Å²) in [6.07, 6.45) is 9.07. The molecule has 34 heavy (non-hydrogen) atoms. The highest BCUT2D eigenvalue weighted by atomic mass is 16.5. The maximum atomic E-state index is 12.9. The van der Waals surface area contributed by atoms with E-state index in [1.165, 1.54) is 0 Å². The Labute approximate surface area is 197 Å². The summed E-state index contributed by atoms with van der Waals surface area (Å²) in [6, 6.07) is 17.0. The van der Waals surface area contributed by atoms with E-state index in [1.807, 2.05) is 85.2 Å². The summed E-state index contributed by atoms with van der Waals surface area (Å²) in [5, 5.41) is 2.97. The molecule has 7 heteroatoms. The summed E-state index contributed by atoms with van der Waals surface area (Å²) in [4.78, 5) is 25.8. The number of aryl methyl sites for hydroxylation is 2. The molecule has 0 aliphatic carbocycles. The lowest BCUT2D eigenvalue weighted by molar-refractivity contribution is 0.102. The minimum Gasteiger partial charge on any atom is -0.488 e. The summed E-state index contributed by atoms with van der Waals surface area (Å²) in [7, 11) is 0. The molecule has 0 aliphatic rings. The molecule has 0 aliphatic heterocycles. The number of anilines is 1. The fraction of sp³-hybridized carbons (Fsp3) is 0.111. The van der Waals surface area contributed by atoms with Crippen LogP contribution >= 0.6 is 0 Å². The molecule has 0 unspecified atom stereocenters. The van der Waals surface area contributed by atoms with Gasteiger partial charge in [-0.05, 0) is 61.4 Å². The van der Waals surface area contributed by atoms with Crippen molar-refractivity contribution in [1.29, 1.82) is 0 Å². The maximum Gasteiger partial charge on any atom is 0.255 e. The second-order valence-electron chi connectivity index (χ2n) is 8.07. The van der Waals surface area contributed by atoms with Gasteiger partial charge in [-0.2, -0.15) is 0 Å². The van der Waals surface area contributed by atoms with Crippen LogP contribution in [0.4, 0.5) is 5.69 Å². The predicted molar refractivity (Wildman–Crippen MR) is 131 cm³/mol. The number of ether oxygens (including phenoxy) is 1. The third kappa shape index (κ3) is 4.49. The number of amides is 1. The number of benzene rings is 2. The molecule has 0 spiro atoms.